The highest BCUT2D eigenvalue weighted by Crippen LogP contribution is 2.40. The van der Waals surface area contributed by atoms with Gasteiger partial charge in [-0.15, -0.1) is 0 Å². The van der Waals surface area contributed by atoms with E-state index in [1.54, 1.807) is 0 Å². The fourth-order valence-corrected chi connectivity index (χ4v) is 6.88. The molecule has 6 heteroatoms. The van der Waals surface area contributed by atoms with Crippen LogP contribution >= 0.6 is 21.6 Å². The molecule has 2 atom stereocenters. The second kappa shape index (κ2) is 7.54. The monoisotopic (exact) mass is 359 g/mol. The Balaban J connectivity index is 1.45. The summed E-state index contributed by atoms with van der Waals surface area (Å²) in [4.78, 5) is 14.7. The zero-order chi connectivity index (χ0) is 16.3. The minimum absolute atomic E-state index is 0.269. The van der Waals surface area contributed by atoms with Crippen molar-refractivity contribution in [1.29, 1.82) is 0 Å². The van der Waals surface area contributed by atoms with E-state index in [9.17, 15) is 4.79 Å². The van der Waals surface area contributed by atoms with Crippen LogP contribution in [0.2, 0.25) is 0 Å². The number of ether oxygens (including phenoxy) is 2. The summed E-state index contributed by atoms with van der Waals surface area (Å²) in [6.07, 6.45) is 6.36. The van der Waals surface area contributed by atoms with Gasteiger partial charge >= 0.3 is 0 Å². The molecule has 23 heavy (non-hydrogen) atoms. The summed E-state index contributed by atoms with van der Waals surface area (Å²) in [5, 5.41) is 0.816. The number of carbonyl (C=O) groups is 1. The van der Waals surface area contributed by atoms with Gasteiger partial charge in [-0.1, -0.05) is 28.0 Å². The van der Waals surface area contributed by atoms with Gasteiger partial charge in [0.05, 0.1) is 18.8 Å². The van der Waals surface area contributed by atoms with Crippen LogP contribution in [0.4, 0.5) is 0 Å². The number of unbranched alkanes of at least 4 members (excludes halogenated alkanes) is 1. The molecule has 1 amide bonds. The highest BCUT2D eigenvalue weighted by molar-refractivity contribution is 8.77. The maximum absolute atomic E-state index is 12.6. The van der Waals surface area contributed by atoms with E-state index in [0.29, 0.717) is 32.0 Å². The van der Waals surface area contributed by atoms with Gasteiger partial charge in [0.25, 0.3) is 0 Å². The Morgan fingerprint density at radius 2 is 2.17 bits per heavy atom. The molecule has 0 saturated carbocycles. The number of rotatable bonds is 5. The Morgan fingerprint density at radius 3 is 2.87 bits per heavy atom. The lowest BCUT2D eigenvalue weighted by atomic mass is 9.94. The standard InChI is InChI=1S/C17H29NO3S2/c1-16(2)11-18(12-17(21-16)8-9-20-13-17)15(19)6-4-3-5-14-7-10-22-23-14/h14H,3-13H2,1-2H3/t14-,17+/m1/s1. The second-order valence-electron chi connectivity index (χ2n) is 7.67. The lowest BCUT2D eigenvalue weighted by molar-refractivity contribution is -0.199. The summed E-state index contributed by atoms with van der Waals surface area (Å²) < 4.78 is 11.8. The molecule has 3 aliphatic rings. The first-order valence-electron chi connectivity index (χ1n) is 8.82. The van der Waals surface area contributed by atoms with Crippen LogP contribution in [0.3, 0.4) is 0 Å². The normalized spacial score (nSPS) is 33.5. The van der Waals surface area contributed by atoms with Crippen molar-refractivity contribution in [2.75, 3.05) is 32.1 Å². The van der Waals surface area contributed by atoms with E-state index in [0.717, 1.165) is 24.7 Å². The van der Waals surface area contributed by atoms with Gasteiger partial charge in [-0.05, 0) is 33.1 Å². The summed E-state index contributed by atoms with van der Waals surface area (Å²) in [5.41, 5.74) is -0.547. The van der Waals surface area contributed by atoms with Gasteiger partial charge in [-0.2, -0.15) is 0 Å². The number of hydrogen-bond donors (Lipinski definition) is 0. The molecule has 1 spiro atoms. The molecule has 4 nitrogen and oxygen atoms in total. The topological polar surface area (TPSA) is 38.8 Å². The molecule has 0 aromatic rings. The van der Waals surface area contributed by atoms with Crippen molar-refractivity contribution in [3.63, 3.8) is 0 Å². The van der Waals surface area contributed by atoms with E-state index in [4.69, 9.17) is 9.47 Å². The van der Waals surface area contributed by atoms with Crippen molar-refractivity contribution in [3.8, 4) is 0 Å². The van der Waals surface area contributed by atoms with E-state index >= 15 is 0 Å². The average Bonchev–Trinajstić information content (AvgIpc) is 3.13. The molecule has 0 radical (unpaired) electrons. The van der Waals surface area contributed by atoms with Gasteiger partial charge in [-0.25, -0.2) is 0 Å². The maximum Gasteiger partial charge on any atom is 0.222 e. The van der Waals surface area contributed by atoms with Gasteiger partial charge < -0.3 is 14.4 Å². The lowest BCUT2D eigenvalue weighted by Gasteiger charge is -2.48. The minimum Gasteiger partial charge on any atom is -0.378 e. The van der Waals surface area contributed by atoms with Crippen LogP contribution in [-0.2, 0) is 14.3 Å². The fourth-order valence-electron chi connectivity index (χ4n) is 3.85. The maximum atomic E-state index is 12.6. The predicted molar refractivity (Wildman–Crippen MR) is 96.8 cm³/mol. The molecule has 132 valence electrons. The lowest BCUT2D eigenvalue weighted by Crippen LogP contribution is -2.61. The Hall–Kier alpha value is 0.0900. The molecule has 3 saturated heterocycles. The van der Waals surface area contributed by atoms with E-state index in [1.165, 1.54) is 25.0 Å². The molecule has 0 N–H and O–H groups in total. The Bertz CT molecular complexity index is 418. The summed E-state index contributed by atoms with van der Waals surface area (Å²) in [5.74, 6) is 1.59. The summed E-state index contributed by atoms with van der Waals surface area (Å²) in [6.45, 7) is 6.93. The van der Waals surface area contributed by atoms with Gasteiger partial charge in [0.15, 0.2) is 0 Å². The highest BCUT2D eigenvalue weighted by atomic mass is 33.1. The molecule has 3 heterocycles. The Morgan fingerprint density at radius 1 is 1.30 bits per heavy atom. The Kier molecular flexibility index (Phi) is 5.87. The van der Waals surface area contributed by atoms with Crippen LogP contribution in [0.15, 0.2) is 0 Å². The van der Waals surface area contributed by atoms with Gasteiger partial charge in [0, 0.05) is 37.0 Å². The zero-order valence-electron chi connectivity index (χ0n) is 14.3. The largest absolute Gasteiger partial charge is 0.378 e. The first-order chi connectivity index (χ1) is 11.0. The molecular formula is C17H29NO3S2. The summed E-state index contributed by atoms with van der Waals surface area (Å²) in [7, 11) is 4.03. The molecule has 3 aliphatic heterocycles. The number of carbonyl (C=O) groups excluding carboxylic acids is 1. The van der Waals surface area contributed by atoms with Crippen LogP contribution in [0.25, 0.3) is 0 Å². The van der Waals surface area contributed by atoms with E-state index < -0.39 is 0 Å². The number of hydrogen-bond acceptors (Lipinski definition) is 5. The molecule has 0 aromatic heterocycles. The molecule has 0 aliphatic carbocycles. The first-order valence-corrected chi connectivity index (χ1v) is 11.2. The van der Waals surface area contributed by atoms with Crippen LogP contribution in [-0.4, -0.2) is 59.3 Å². The van der Waals surface area contributed by atoms with Gasteiger partial charge in [-0.3, -0.25) is 4.79 Å². The predicted octanol–water partition coefficient (Wildman–Crippen LogP) is 3.50. The van der Waals surface area contributed by atoms with Crippen molar-refractivity contribution in [3.05, 3.63) is 0 Å². The number of morpholine rings is 1. The zero-order valence-corrected chi connectivity index (χ0v) is 16.0. The summed E-state index contributed by atoms with van der Waals surface area (Å²) >= 11 is 0. The third kappa shape index (κ3) is 4.80. The SMILES string of the molecule is CC1(C)CN(C(=O)CCCC[C@@H]2CCSS2)C[C@]2(CCOC2)O1. The minimum atomic E-state index is -0.278. The third-order valence-electron chi connectivity index (χ3n) is 4.86. The van der Waals surface area contributed by atoms with Gasteiger partial charge in [0.1, 0.15) is 5.60 Å². The molecule has 3 fully saturated rings. The van der Waals surface area contributed by atoms with E-state index in [1.807, 2.05) is 26.5 Å². The average molecular weight is 360 g/mol. The van der Waals surface area contributed by atoms with Crippen molar-refractivity contribution in [2.45, 2.75) is 68.8 Å². The molecule has 0 aromatic carbocycles. The number of nitrogens with zero attached hydrogens (tertiary/aromatic N) is 1. The van der Waals surface area contributed by atoms with Crippen molar-refractivity contribution in [2.24, 2.45) is 0 Å². The second-order valence-corrected chi connectivity index (χ2v) is 10.5. The van der Waals surface area contributed by atoms with E-state index in [-0.39, 0.29) is 11.2 Å². The molecule has 0 bridgehead atoms. The van der Waals surface area contributed by atoms with Crippen molar-refractivity contribution >= 4 is 27.5 Å². The van der Waals surface area contributed by atoms with Crippen molar-refractivity contribution < 1.29 is 14.3 Å². The smallest absolute Gasteiger partial charge is 0.222 e. The quantitative estimate of drug-likeness (QED) is 0.555. The third-order valence-corrected chi connectivity index (χ3v) is 7.86. The molecular weight excluding hydrogens is 330 g/mol. The van der Waals surface area contributed by atoms with Crippen LogP contribution in [0.5, 0.6) is 0 Å². The fraction of sp³-hybridized carbons (Fsp3) is 0.941. The highest BCUT2D eigenvalue weighted by Gasteiger charge is 2.47. The van der Waals surface area contributed by atoms with Gasteiger partial charge in [0.2, 0.25) is 5.91 Å². The van der Waals surface area contributed by atoms with E-state index in [2.05, 4.69) is 13.8 Å². The first kappa shape index (κ1) is 17.9. The van der Waals surface area contributed by atoms with Crippen LogP contribution in [0, 0.1) is 0 Å². The molecule has 3 rings (SSSR count). The molecule has 0 unspecified atom stereocenters. The Labute approximate surface area is 147 Å². The number of amides is 1. The van der Waals surface area contributed by atoms with Crippen LogP contribution in [0.1, 0.15) is 52.4 Å². The van der Waals surface area contributed by atoms with Crippen molar-refractivity contribution in [1.82, 2.24) is 4.90 Å². The summed E-state index contributed by atoms with van der Waals surface area (Å²) in [6, 6.07) is 0. The van der Waals surface area contributed by atoms with Crippen LogP contribution < -0.4 is 0 Å².